The van der Waals surface area contributed by atoms with Crippen molar-refractivity contribution in [3.8, 4) is 29.0 Å². The van der Waals surface area contributed by atoms with E-state index in [1.165, 1.54) is 47.0 Å². The number of benzene rings is 2. The van der Waals surface area contributed by atoms with Gasteiger partial charge in [0.25, 0.3) is 11.8 Å². The Hall–Kier alpha value is -5.22. The van der Waals surface area contributed by atoms with Crippen LogP contribution in [0.25, 0.3) is 23.3 Å². The van der Waals surface area contributed by atoms with E-state index in [-0.39, 0.29) is 28.7 Å². The van der Waals surface area contributed by atoms with Gasteiger partial charge in [-0.05, 0) is 54.6 Å². The summed E-state index contributed by atoms with van der Waals surface area (Å²) in [7, 11) is 0. The number of pyridine rings is 1. The molecule has 0 unspecified atom stereocenters. The standard InChI is InChI=1S/C26H17ClF3N7O3/c27-19-3-1-2-4-21(19)37-22(11-12-23(38)34-36-25(39)17-7-5-16(13-31)6-8-17)33-35-24(37)20-10-9-18(14-32-20)40-15-26(28,29)30/h1-12,14H,15H2,(H,34,38)(H,36,39)/b12-11+. The number of hydrogen-bond acceptors (Lipinski definition) is 7. The maximum Gasteiger partial charge on any atom is 0.422 e. The predicted molar refractivity (Wildman–Crippen MR) is 137 cm³/mol. The van der Waals surface area contributed by atoms with Crippen molar-refractivity contribution in [1.82, 2.24) is 30.6 Å². The number of halogens is 4. The molecule has 10 nitrogen and oxygen atoms in total. The molecule has 2 aromatic carbocycles. The van der Waals surface area contributed by atoms with Crippen molar-refractivity contribution in [3.63, 3.8) is 0 Å². The highest BCUT2D eigenvalue weighted by atomic mass is 35.5. The van der Waals surface area contributed by atoms with Gasteiger partial charge in [-0.1, -0.05) is 23.7 Å². The second-order valence-electron chi connectivity index (χ2n) is 7.92. The van der Waals surface area contributed by atoms with Gasteiger partial charge in [0.15, 0.2) is 18.3 Å². The van der Waals surface area contributed by atoms with E-state index < -0.39 is 24.6 Å². The molecule has 14 heteroatoms. The second kappa shape index (κ2) is 12.1. The normalized spacial score (nSPS) is 11.2. The van der Waals surface area contributed by atoms with Crippen molar-refractivity contribution in [3.05, 3.63) is 94.9 Å². The smallest absolute Gasteiger partial charge is 0.422 e. The summed E-state index contributed by atoms with van der Waals surface area (Å²) >= 11 is 6.39. The average molecular weight is 568 g/mol. The van der Waals surface area contributed by atoms with Gasteiger partial charge in [0.05, 0.1) is 28.5 Å². The number of hydrogen-bond donors (Lipinski definition) is 2. The summed E-state index contributed by atoms with van der Waals surface area (Å²) in [6.07, 6.45) is -0.958. The molecular weight excluding hydrogens is 551 g/mol. The van der Waals surface area contributed by atoms with Crippen LogP contribution in [-0.4, -0.2) is 44.3 Å². The van der Waals surface area contributed by atoms with E-state index in [1.54, 1.807) is 24.3 Å². The van der Waals surface area contributed by atoms with Gasteiger partial charge in [0.1, 0.15) is 11.4 Å². The fraction of sp³-hybridized carbons (Fsp3) is 0.0769. The number of aromatic nitrogens is 4. The molecule has 0 bridgehead atoms. The lowest BCUT2D eigenvalue weighted by Crippen LogP contribution is -2.40. The number of nitrogens with zero attached hydrogens (tertiary/aromatic N) is 5. The lowest BCUT2D eigenvalue weighted by molar-refractivity contribution is -0.153. The van der Waals surface area contributed by atoms with Crippen molar-refractivity contribution in [1.29, 1.82) is 5.26 Å². The molecule has 2 heterocycles. The number of amides is 2. The van der Waals surface area contributed by atoms with Crippen LogP contribution >= 0.6 is 11.6 Å². The molecule has 0 spiro atoms. The van der Waals surface area contributed by atoms with E-state index in [2.05, 4.69) is 26.0 Å². The second-order valence-corrected chi connectivity index (χ2v) is 8.32. The molecule has 2 amide bonds. The number of para-hydroxylation sites is 1. The lowest BCUT2D eigenvalue weighted by atomic mass is 10.1. The van der Waals surface area contributed by atoms with E-state index in [0.717, 1.165) is 12.3 Å². The van der Waals surface area contributed by atoms with Crippen LogP contribution < -0.4 is 15.6 Å². The summed E-state index contributed by atoms with van der Waals surface area (Å²) in [5.74, 6) is -1.03. The zero-order valence-corrected chi connectivity index (χ0v) is 20.9. The van der Waals surface area contributed by atoms with Crippen LogP contribution in [0.4, 0.5) is 13.2 Å². The third-order valence-electron chi connectivity index (χ3n) is 5.11. The molecule has 0 saturated heterocycles. The van der Waals surface area contributed by atoms with E-state index >= 15 is 0 Å². The number of carbonyl (C=O) groups excluding carboxylic acids is 2. The summed E-state index contributed by atoms with van der Waals surface area (Å²) in [5.41, 5.74) is 5.79. The number of ether oxygens (including phenoxy) is 1. The van der Waals surface area contributed by atoms with Crippen LogP contribution in [0.1, 0.15) is 21.7 Å². The summed E-state index contributed by atoms with van der Waals surface area (Å²) in [6, 6.07) is 17.2. The molecule has 202 valence electrons. The monoisotopic (exact) mass is 567 g/mol. The Morgan fingerprint density at radius 2 is 1.80 bits per heavy atom. The number of hydrazine groups is 1. The Morgan fingerprint density at radius 1 is 1.05 bits per heavy atom. The highest BCUT2D eigenvalue weighted by molar-refractivity contribution is 6.32. The lowest BCUT2D eigenvalue weighted by Gasteiger charge is -2.11. The van der Waals surface area contributed by atoms with E-state index in [1.807, 2.05) is 6.07 Å². The Labute approximate surface area is 229 Å². The minimum atomic E-state index is -4.50. The van der Waals surface area contributed by atoms with Gasteiger partial charge in [-0.2, -0.15) is 18.4 Å². The molecule has 40 heavy (non-hydrogen) atoms. The zero-order valence-electron chi connectivity index (χ0n) is 20.2. The third-order valence-corrected chi connectivity index (χ3v) is 5.43. The molecule has 2 N–H and O–H groups in total. The summed E-state index contributed by atoms with van der Waals surface area (Å²) in [4.78, 5) is 28.7. The largest absolute Gasteiger partial charge is 0.483 e. The molecule has 0 atom stereocenters. The fourth-order valence-electron chi connectivity index (χ4n) is 3.28. The molecule has 0 aliphatic rings. The minimum Gasteiger partial charge on any atom is -0.483 e. The van der Waals surface area contributed by atoms with Crippen LogP contribution in [0.3, 0.4) is 0 Å². The molecule has 0 saturated carbocycles. The first-order valence-corrected chi connectivity index (χ1v) is 11.7. The van der Waals surface area contributed by atoms with Gasteiger partial charge in [-0.3, -0.25) is 25.0 Å². The molecule has 4 aromatic rings. The maximum atomic E-state index is 12.4. The Kier molecular flexibility index (Phi) is 8.41. The van der Waals surface area contributed by atoms with Crippen LogP contribution in [-0.2, 0) is 4.79 Å². The van der Waals surface area contributed by atoms with Crippen LogP contribution in [0.5, 0.6) is 5.75 Å². The Balaban J connectivity index is 1.54. The molecule has 2 aromatic heterocycles. The Morgan fingerprint density at radius 3 is 2.45 bits per heavy atom. The maximum absolute atomic E-state index is 12.4. The van der Waals surface area contributed by atoms with Crippen LogP contribution in [0.15, 0.2) is 72.9 Å². The van der Waals surface area contributed by atoms with Crippen molar-refractivity contribution < 1.29 is 27.5 Å². The molecule has 0 radical (unpaired) electrons. The van der Waals surface area contributed by atoms with Crippen molar-refractivity contribution in [2.24, 2.45) is 0 Å². The van der Waals surface area contributed by atoms with Gasteiger partial charge < -0.3 is 4.74 Å². The quantitative estimate of drug-likeness (QED) is 0.251. The first kappa shape index (κ1) is 27.8. The topological polar surface area (TPSA) is 135 Å². The predicted octanol–water partition coefficient (Wildman–Crippen LogP) is 4.27. The van der Waals surface area contributed by atoms with Gasteiger partial charge >= 0.3 is 6.18 Å². The molecule has 0 aliphatic carbocycles. The number of nitrogens with one attached hydrogen (secondary N) is 2. The Bertz CT molecular complexity index is 1600. The minimum absolute atomic E-state index is 0.0928. The SMILES string of the molecule is N#Cc1ccc(C(=O)NNC(=O)/C=C/c2nnc(-c3ccc(OCC(F)(F)F)cn3)n2-c2ccccc2Cl)cc1. The van der Waals surface area contributed by atoms with Gasteiger partial charge in [-0.25, -0.2) is 4.98 Å². The number of nitriles is 1. The summed E-state index contributed by atoms with van der Waals surface area (Å²) in [6.45, 7) is -1.46. The molecular formula is C26H17ClF3N7O3. The van der Waals surface area contributed by atoms with Gasteiger partial charge in [-0.15, -0.1) is 10.2 Å². The summed E-state index contributed by atoms with van der Waals surface area (Å²) < 4.78 is 43.5. The third kappa shape index (κ3) is 7.00. The van der Waals surface area contributed by atoms with Crippen LogP contribution in [0, 0.1) is 11.3 Å². The molecule has 0 aliphatic heterocycles. The van der Waals surface area contributed by atoms with E-state index in [9.17, 15) is 22.8 Å². The van der Waals surface area contributed by atoms with Crippen molar-refractivity contribution in [2.45, 2.75) is 6.18 Å². The molecule has 4 rings (SSSR count). The number of carbonyl (C=O) groups is 2. The van der Waals surface area contributed by atoms with E-state index in [4.69, 9.17) is 21.6 Å². The van der Waals surface area contributed by atoms with Crippen LogP contribution in [0.2, 0.25) is 5.02 Å². The summed E-state index contributed by atoms with van der Waals surface area (Å²) in [5, 5.41) is 17.4. The first-order valence-electron chi connectivity index (χ1n) is 11.3. The first-order chi connectivity index (χ1) is 19.1. The van der Waals surface area contributed by atoms with Crippen molar-refractivity contribution >= 4 is 29.5 Å². The number of alkyl halides is 3. The zero-order chi connectivity index (χ0) is 28.7. The van der Waals surface area contributed by atoms with Crippen molar-refractivity contribution in [2.75, 3.05) is 6.61 Å². The number of rotatable bonds is 7. The highest BCUT2D eigenvalue weighted by Crippen LogP contribution is 2.28. The van der Waals surface area contributed by atoms with E-state index in [0.29, 0.717) is 16.3 Å². The average Bonchev–Trinajstić information content (AvgIpc) is 3.37. The van der Waals surface area contributed by atoms with Gasteiger partial charge in [0, 0.05) is 11.6 Å². The molecule has 0 fully saturated rings. The fourth-order valence-corrected chi connectivity index (χ4v) is 3.50. The highest BCUT2D eigenvalue weighted by Gasteiger charge is 2.28. The van der Waals surface area contributed by atoms with Gasteiger partial charge in [0.2, 0.25) is 0 Å².